The summed E-state index contributed by atoms with van der Waals surface area (Å²) < 4.78 is 2.36. The van der Waals surface area contributed by atoms with E-state index in [1.807, 2.05) is 0 Å². The summed E-state index contributed by atoms with van der Waals surface area (Å²) in [5.41, 5.74) is 15.6. The van der Waals surface area contributed by atoms with Crippen molar-refractivity contribution in [1.29, 1.82) is 0 Å². The van der Waals surface area contributed by atoms with Crippen LogP contribution in [0.25, 0.3) is 33.5 Å². The van der Waals surface area contributed by atoms with E-state index in [9.17, 15) is 0 Å². The van der Waals surface area contributed by atoms with Gasteiger partial charge in [0.15, 0.2) is 6.20 Å². The molecule has 0 saturated carbocycles. The molecule has 1 aliphatic heterocycles. The molecule has 5 aromatic carbocycles. The normalized spacial score (nSPS) is 18.7. The number of fused-ring (bicyclic) bond motifs is 4. The van der Waals surface area contributed by atoms with E-state index in [0.29, 0.717) is 5.92 Å². The minimum absolute atomic E-state index is 0.0683. The molecule has 1 aliphatic carbocycles. The third-order valence-corrected chi connectivity index (χ3v) is 11.2. The number of anilines is 2. The molecule has 0 N–H and O–H groups in total. The quantitative estimate of drug-likeness (QED) is 0.180. The van der Waals surface area contributed by atoms with Crippen LogP contribution in [0.15, 0.2) is 140 Å². The molecule has 2 heteroatoms. The van der Waals surface area contributed by atoms with Crippen LogP contribution in [0.2, 0.25) is 0 Å². The first kappa shape index (κ1) is 29.5. The molecule has 0 spiro atoms. The molecule has 0 fully saturated rings. The fourth-order valence-electron chi connectivity index (χ4n) is 9.20. The van der Waals surface area contributed by atoms with Crippen molar-refractivity contribution in [1.82, 2.24) is 0 Å². The van der Waals surface area contributed by atoms with Crippen molar-refractivity contribution in [2.24, 2.45) is 13.0 Å². The van der Waals surface area contributed by atoms with Gasteiger partial charge in [-0.05, 0) is 87.0 Å². The number of benzene rings is 5. The van der Waals surface area contributed by atoms with Crippen LogP contribution >= 0.6 is 0 Å². The molecule has 0 bridgehead atoms. The van der Waals surface area contributed by atoms with Crippen LogP contribution in [0, 0.1) is 12.8 Å². The maximum Gasteiger partial charge on any atom is 0.218 e. The fraction of sp³-hybridized carbons (Fsp3) is 0.222. The topological polar surface area (TPSA) is 7.12 Å². The highest BCUT2D eigenvalue weighted by atomic mass is 15.2. The second-order valence-electron chi connectivity index (χ2n) is 14.7. The van der Waals surface area contributed by atoms with E-state index < -0.39 is 0 Å². The van der Waals surface area contributed by atoms with E-state index in [1.54, 1.807) is 0 Å². The van der Waals surface area contributed by atoms with Gasteiger partial charge in [-0.25, -0.2) is 4.57 Å². The first-order valence-corrected chi connectivity index (χ1v) is 16.9. The Kier molecular flexibility index (Phi) is 6.77. The van der Waals surface area contributed by atoms with Crippen LogP contribution in [-0.2, 0) is 17.9 Å². The summed E-state index contributed by atoms with van der Waals surface area (Å²) in [6.45, 7) is 12.2. The number of nitrogens with zero attached hydrogens (tertiary/aromatic N) is 2. The minimum atomic E-state index is -0.0692. The van der Waals surface area contributed by atoms with Crippen LogP contribution in [-0.4, -0.2) is 0 Å². The predicted octanol–water partition coefficient (Wildman–Crippen LogP) is 10.9. The van der Waals surface area contributed by atoms with Gasteiger partial charge in [-0.1, -0.05) is 125 Å². The number of rotatable bonds is 4. The Morgan fingerprint density at radius 3 is 1.77 bits per heavy atom. The van der Waals surface area contributed by atoms with E-state index in [-0.39, 0.29) is 16.9 Å². The first-order chi connectivity index (χ1) is 22.7. The molecule has 0 amide bonds. The Morgan fingerprint density at radius 2 is 1.13 bits per heavy atom. The first-order valence-electron chi connectivity index (χ1n) is 16.9. The molecule has 2 nitrogen and oxygen atoms in total. The molecule has 2 atom stereocenters. The molecule has 2 heterocycles. The molecule has 1 aromatic heterocycles. The maximum absolute atomic E-state index is 2.71. The lowest BCUT2D eigenvalue weighted by Gasteiger charge is -2.53. The highest BCUT2D eigenvalue weighted by Crippen LogP contribution is 2.66. The van der Waals surface area contributed by atoms with Gasteiger partial charge in [-0.2, -0.15) is 0 Å². The Bertz CT molecular complexity index is 2070. The van der Waals surface area contributed by atoms with Crippen LogP contribution < -0.4 is 9.47 Å². The maximum atomic E-state index is 2.71. The van der Waals surface area contributed by atoms with Gasteiger partial charge in [0.25, 0.3) is 0 Å². The lowest BCUT2D eigenvalue weighted by Crippen LogP contribution is -2.49. The van der Waals surface area contributed by atoms with Gasteiger partial charge < -0.3 is 4.90 Å². The van der Waals surface area contributed by atoms with E-state index in [1.165, 1.54) is 67.1 Å². The molecule has 232 valence electrons. The van der Waals surface area contributed by atoms with Crippen LogP contribution in [0.1, 0.15) is 56.0 Å². The predicted molar refractivity (Wildman–Crippen MR) is 196 cm³/mol. The van der Waals surface area contributed by atoms with Crippen molar-refractivity contribution in [2.75, 3.05) is 4.90 Å². The molecule has 8 rings (SSSR count). The number of hydrogen-bond donors (Lipinski definition) is 0. The van der Waals surface area contributed by atoms with Crippen molar-refractivity contribution in [3.63, 3.8) is 0 Å². The number of aryl methyl sites for hydroxylation is 2. The zero-order chi connectivity index (χ0) is 32.5. The highest BCUT2D eigenvalue weighted by Gasteiger charge is 2.60. The monoisotopic (exact) mass is 611 g/mol. The lowest BCUT2D eigenvalue weighted by atomic mass is 9.59. The molecule has 0 saturated heterocycles. The third-order valence-electron chi connectivity index (χ3n) is 11.2. The lowest BCUT2D eigenvalue weighted by molar-refractivity contribution is -0.660. The van der Waals surface area contributed by atoms with Crippen molar-refractivity contribution in [3.8, 4) is 33.5 Å². The molecule has 2 aliphatic rings. The smallest absolute Gasteiger partial charge is 0.218 e. The SMILES string of the molecule is Cc1ccccc1-c1c2c(cc[n+]1C)C(C)(C)C1C2N(c2cc(-c3ccccc3)cc(-c3ccccc3)c2)c2ccccc2C1(C)C. The summed E-state index contributed by atoms with van der Waals surface area (Å²) in [7, 11) is 2.22. The van der Waals surface area contributed by atoms with Gasteiger partial charge >= 0.3 is 0 Å². The van der Waals surface area contributed by atoms with Crippen LogP contribution in [0.4, 0.5) is 11.4 Å². The molecule has 0 radical (unpaired) electrons. The zero-order valence-electron chi connectivity index (χ0n) is 28.3. The van der Waals surface area contributed by atoms with Gasteiger partial charge in [-0.3, -0.25) is 0 Å². The van der Waals surface area contributed by atoms with E-state index in [4.69, 9.17) is 0 Å². The second kappa shape index (κ2) is 10.8. The number of pyridine rings is 1. The average molecular weight is 612 g/mol. The Labute approximate surface area is 280 Å². The van der Waals surface area contributed by atoms with Gasteiger partial charge in [0.2, 0.25) is 5.69 Å². The summed E-state index contributed by atoms with van der Waals surface area (Å²) in [4.78, 5) is 2.71. The van der Waals surface area contributed by atoms with Gasteiger partial charge in [-0.15, -0.1) is 0 Å². The summed E-state index contributed by atoms with van der Waals surface area (Å²) >= 11 is 0. The van der Waals surface area contributed by atoms with Crippen molar-refractivity contribution >= 4 is 11.4 Å². The van der Waals surface area contributed by atoms with Gasteiger partial charge in [0.05, 0.1) is 11.6 Å². The molecular weight excluding hydrogens is 569 g/mol. The zero-order valence-corrected chi connectivity index (χ0v) is 28.3. The van der Waals surface area contributed by atoms with Crippen LogP contribution in [0.3, 0.4) is 0 Å². The molecule has 2 unspecified atom stereocenters. The number of aromatic nitrogens is 1. The summed E-state index contributed by atoms with van der Waals surface area (Å²) in [5.74, 6) is 0.325. The third kappa shape index (κ3) is 4.49. The van der Waals surface area contributed by atoms with Crippen LogP contribution in [0.5, 0.6) is 0 Å². The van der Waals surface area contributed by atoms with Crippen molar-refractivity contribution in [3.05, 3.63) is 162 Å². The molecule has 47 heavy (non-hydrogen) atoms. The summed E-state index contributed by atoms with van der Waals surface area (Å²) in [6.07, 6.45) is 2.29. The number of hydrogen-bond acceptors (Lipinski definition) is 1. The summed E-state index contributed by atoms with van der Waals surface area (Å²) in [6, 6.07) is 49.5. The van der Waals surface area contributed by atoms with Gasteiger partial charge in [0.1, 0.15) is 7.05 Å². The fourth-order valence-corrected chi connectivity index (χ4v) is 9.20. The van der Waals surface area contributed by atoms with E-state index >= 15 is 0 Å². The standard InChI is InChI=1S/C45H43N2/c1-30-17-13-14-22-36(30)41-40-38(25-26-46(41)6)45(4,5)43-42(40)47(39-24-16-15-23-37(39)44(43,2)3)35-28-33(31-18-9-7-10-19-31)27-34(29-35)32-20-11-8-12-21-32/h7-29,42-43H,1-6H3/q+1. The van der Waals surface area contributed by atoms with E-state index in [0.717, 1.165) is 0 Å². The van der Waals surface area contributed by atoms with Gasteiger partial charge in [0, 0.05) is 28.9 Å². The minimum Gasteiger partial charge on any atom is -0.333 e. The summed E-state index contributed by atoms with van der Waals surface area (Å²) in [5, 5.41) is 0. The van der Waals surface area contributed by atoms with E-state index in [2.05, 4.69) is 191 Å². The Hall–Kier alpha value is -4.95. The molecule has 6 aromatic rings. The largest absolute Gasteiger partial charge is 0.333 e. The molecular formula is C45H43N2+. The highest BCUT2D eigenvalue weighted by molar-refractivity contribution is 5.84. The average Bonchev–Trinajstić information content (AvgIpc) is 3.33. The Balaban J connectivity index is 1.47. The number of para-hydroxylation sites is 1. The van der Waals surface area contributed by atoms with Crippen molar-refractivity contribution < 1.29 is 4.57 Å². The Morgan fingerprint density at radius 1 is 0.574 bits per heavy atom. The van der Waals surface area contributed by atoms with Crippen molar-refractivity contribution in [2.45, 2.75) is 51.5 Å². The second-order valence-corrected chi connectivity index (χ2v) is 14.7.